The van der Waals surface area contributed by atoms with Gasteiger partial charge < -0.3 is 14.8 Å². The number of nitrogens with zero attached hydrogens (tertiary/aromatic N) is 1. The standard InChI is InChI=1S/C16H22N2O2/c1-11-9-12(10-18(11)13-5-6-13)17-14-3-2-4-15-16(14)20-8-7-19-15/h2-4,11-13,17H,5-10H2,1H3/t11-,12+/m1/s1. The molecule has 4 rings (SSSR count). The van der Waals surface area contributed by atoms with E-state index in [0.717, 1.165) is 29.8 Å². The van der Waals surface area contributed by atoms with Gasteiger partial charge in [-0.2, -0.15) is 0 Å². The van der Waals surface area contributed by atoms with E-state index in [1.165, 1.54) is 19.3 Å². The smallest absolute Gasteiger partial charge is 0.184 e. The normalized spacial score (nSPS) is 29.4. The number of hydrogen-bond acceptors (Lipinski definition) is 4. The van der Waals surface area contributed by atoms with E-state index in [1.807, 2.05) is 12.1 Å². The monoisotopic (exact) mass is 274 g/mol. The maximum atomic E-state index is 5.78. The van der Waals surface area contributed by atoms with E-state index in [4.69, 9.17) is 9.47 Å². The Hall–Kier alpha value is -1.42. The molecule has 20 heavy (non-hydrogen) atoms. The number of benzene rings is 1. The van der Waals surface area contributed by atoms with Gasteiger partial charge in [-0.15, -0.1) is 0 Å². The highest BCUT2D eigenvalue weighted by Gasteiger charge is 2.38. The Kier molecular flexibility index (Phi) is 2.99. The fourth-order valence-electron chi connectivity index (χ4n) is 3.48. The SMILES string of the molecule is C[C@@H]1C[C@H](Nc2cccc3c2OCCO3)CN1C1CC1. The van der Waals surface area contributed by atoms with Gasteiger partial charge in [0.15, 0.2) is 11.5 Å². The van der Waals surface area contributed by atoms with Crippen molar-refractivity contribution in [1.29, 1.82) is 0 Å². The van der Waals surface area contributed by atoms with Crippen LogP contribution in [0, 0.1) is 0 Å². The van der Waals surface area contributed by atoms with Crippen molar-refractivity contribution in [2.24, 2.45) is 0 Å². The summed E-state index contributed by atoms with van der Waals surface area (Å²) in [6, 6.07) is 8.17. The summed E-state index contributed by atoms with van der Waals surface area (Å²) in [5.74, 6) is 1.75. The zero-order valence-corrected chi connectivity index (χ0v) is 12.0. The van der Waals surface area contributed by atoms with Gasteiger partial charge >= 0.3 is 0 Å². The predicted octanol–water partition coefficient (Wildman–Crippen LogP) is 2.49. The van der Waals surface area contributed by atoms with E-state index in [2.05, 4.69) is 23.2 Å². The first kappa shape index (κ1) is 12.3. The highest BCUT2D eigenvalue weighted by Crippen LogP contribution is 2.39. The van der Waals surface area contributed by atoms with Gasteiger partial charge in [0.25, 0.3) is 0 Å². The Morgan fingerprint density at radius 1 is 1.20 bits per heavy atom. The molecular formula is C16H22N2O2. The van der Waals surface area contributed by atoms with E-state index < -0.39 is 0 Å². The minimum absolute atomic E-state index is 0.516. The molecule has 0 spiro atoms. The van der Waals surface area contributed by atoms with Crippen LogP contribution in [0.25, 0.3) is 0 Å². The molecule has 0 radical (unpaired) electrons. The number of nitrogens with one attached hydrogen (secondary N) is 1. The molecule has 1 aliphatic carbocycles. The van der Waals surface area contributed by atoms with Crippen LogP contribution in [-0.4, -0.2) is 42.8 Å². The lowest BCUT2D eigenvalue weighted by Gasteiger charge is -2.23. The van der Waals surface area contributed by atoms with E-state index in [1.54, 1.807) is 0 Å². The van der Waals surface area contributed by atoms with E-state index >= 15 is 0 Å². The summed E-state index contributed by atoms with van der Waals surface area (Å²) in [7, 11) is 0. The van der Waals surface area contributed by atoms with Gasteiger partial charge in [0.2, 0.25) is 0 Å². The Morgan fingerprint density at radius 2 is 2.05 bits per heavy atom. The highest BCUT2D eigenvalue weighted by molar-refractivity contribution is 5.64. The summed E-state index contributed by atoms with van der Waals surface area (Å²) < 4.78 is 11.4. The van der Waals surface area contributed by atoms with Crippen LogP contribution < -0.4 is 14.8 Å². The molecule has 2 heterocycles. The first-order valence-electron chi connectivity index (χ1n) is 7.72. The molecular weight excluding hydrogens is 252 g/mol. The van der Waals surface area contributed by atoms with Crippen LogP contribution in [-0.2, 0) is 0 Å². The van der Waals surface area contributed by atoms with Crippen molar-refractivity contribution in [3.05, 3.63) is 18.2 Å². The topological polar surface area (TPSA) is 33.7 Å². The molecule has 4 heteroatoms. The van der Waals surface area contributed by atoms with Crippen molar-refractivity contribution in [3.8, 4) is 11.5 Å². The summed E-state index contributed by atoms with van der Waals surface area (Å²) >= 11 is 0. The molecule has 2 atom stereocenters. The fraction of sp³-hybridized carbons (Fsp3) is 0.625. The first-order chi connectivity index (χ1) is 9.81. The summed E-state index contributed by atoms with van der Waals surface area (Å²) in [4.78, 5) is 2.66. The van der Waals surface area contributed by atoms with E-state index in [0.29, 0.717) is 25.3 Å². The van der Waals surface area contributed by atoms with Crippen LogP contribution in [0.4, 0.5) is 5.69 Å². The van der Waals surface area contributed by atoms with Gasteiger partial charge in [0, 0.05) is 24.7 Å². The first-order valence-corrected chi connectivity index (χ1v) is 7.72. The lowest BCUT2D eigenvalue weighted by molar-refractivity contribution is 0.172. The number of hydrogen-bond donors (Lipinski definition) is 1. The molecule has 1 saturated carbocycles. The molecule has 0 unspecified atom stereocenters. The molecule has 0 aromatic heterocycles. The second-order valence-corrected chi connectivity index (χ2v) is 6.18. The fourth-order valence-corrected chi connectivity index (χ4v) is 3.48. The Bertz CT molecular complexity index is 501. The largest absolute Gasteiger partial charge is 0.486 e. The third-order valence-corrected chi connectivity index (χ3v) is 4.56. The van der Waals surface area contributed by atoms with Crippen molar-refractivity contribution in [3.63, 3.8) is 0 Å². The molecule has 3 aliphatic rings. The van der Waals surface area contributed by atoms with Crippen LogP contribution >= 0.6 is 0 Å². The molecule has 2 aliphatic heterocycles. The van der Waals surface area contributed by atoms with E-state index in [-0.39, 0.29) is 0 Å². The maximum absolute atomic E-state index is 5.78. The summed E-state index contributed by atoms with van der Waals surface area (Å²) in [6.45, 7) is 4.78. The third kappa shape index (κ3) is 2.22. The zero-order chi connectivity index (χ0) is 13.5. The molecule has 0 bridgehead atoms. The quantitative estimate of drug-likeness (QED) is 0.918. The highest BCUT2D eigenvalue weighted by atomic mass is 16.6. The zero-order valence-electron chi connectivity index (χ0n) is 12.0. The molecule has 2 fully saturated rings. The number of para-hydroxylation sites is 1. The Balaban J connectivity index is 1.49. The maximum Gasteiger partial charge on any atom is 0.184 e. The molecule has 1 aromatic rings. The average Bonchev–Trinajstić information content (AvgIpc) is 3.24. The molecule has 1 aromatic carbocycles. The minimum atomic E-state index is 0.516. The van der Waals surface area contributed by atoms with Gasteiger partial charge in [0.1, 0.15) is 13.2 Å². The second kappa shape index (κ2) is 4.85. The third-order valence-electron chi connectivity index (χ3n) is 4.56. The van der Waals surface area contributed by atoms with Gasteiger partial charge in [-0.25, -0.2) is 0 Å². The number of likely N-dealkylation sites (tertiary alicyclic amines) is 1. The Morgan fingerprint density at radius 3 is 2.90 bits per heavy atom. The Labute approximate surface area is 120 Å². The van der Waals surface area contributed by atoms with Crippen molar-refractivity contribution in [2.75, 3.05) is 25.1 Å². The molecule has 1 saturated heterocycles. The van der Waals surface area contributed by atoms with Crippen LogP contribution in [0.5, 0.6) is 11.5 Å². The van der Waals surface area contributed by atoms with E-state index in [9.17, 15) is 0 Å². The van der Waals surface area contributed by atoms with Crippen molar-refractivity contribution < 1.29 is 9.47 Å². The number of fused-ring (bicyclic) bond motifs is 1. The van der Waals surface area contributed by atoms with Crippen molar-refractivity contribution in [1.82, 2.24) is 4.90 Å². The summed E-state index contributed by atoms with van der Waals surface area (Å²) in [6.07, 6.45) is 3.98. The van der Waals surface area contributed by atoms with Crippen molar-refractivity contribution >= 4 is 5.69 Å². The van der Waals surface area contributed by atoms with Crippen molar-refractivity contribution in [2.45, 2.75) is 44.3 Å². The predicted molar refractivity (Wildman–Crippen MR) is 78.6 cm³/mol. The van der Waals surface area contributed by atoms with Gasteiger partial charge in [-0.3, -0.25) is 4.90 Å². The van der Waals surface area contributed by atoms with Gasteiger partial charge in [0.05, 0.1) is 5.69 Å². The summed E-state index contributed by atoms with van der Waals surface area (Å²) in [5, 5.41) is 3.67. The number of rotatable bonds is 3. The molecule has 1 N–H and O–H groups in total. The van der Waals surface area contributed by atoms with Gasteiger partial charge in [-0.1, -0.05) is 6.07 Å². The molecule has 108 valence electrons. The average molecular weight is 274 g/mol. The molecule has 0 amide bonds. The lowest BCUT2D eigenvalue weighted by atomic mass is 10.1. The molecule has 4 nitrogen and oxygen atoms in total. The van der Waals surface area contributed by atoms with Crippen LogP contribution in [0.1, 0.15) is 26.2 Å². The van der Waals surface area contributed by atoms with Crippen LogP contribution in [0.3, 0.4) is 0 Å². The van der Waals surface area contributed by atoms with Crippen LogP contribution in [0.2, 0.25) is 0 Å². The number of anilines is 1. The van der Waals surface area contributed by atoms with Gasteiger partial charge in [-0.05, 0) is 38.3 Å². The van der Waals surface area contributed by atoms with Crippen LogP contribution in [0.15, 0.2) is 18.2 Å². The number of ether oxygens (including phenoxy) is 2. The lowest BCUT2D eigenvalue weighted by Crippen LogP contribution is -2.31. The summed E-state index contributed by atoms with van der Waals surface area (Å²) in [5.41, 5.74) is 1.08. The minimum Gasteiger partial charge on any atom is -0.486 e. The second-order valence-electron chi connectivity index (χ2n) is 6.18.